The van der Waals surface area contributed by atoms with Gasteiger partial charge in [-0.3, -0.25) is 4.79 Å². The van der Waals surface area contributed by atoms with Gasteiger partial charge in [0.05, 0.1) is 5.69 Å². The first-order valence-electron chi connectivity index (χ1n) is 7.66. The SMILES string of the molecule is CN(C)C(=O)c1nn(-c2ccc(F)cc2)c2c1CCCCC2. The Hall–Kier alpha value is -2.17. The zero-order valence-electron chi connectivity index (χ0n) is 13.0. The lowest BCUT2D eigenvalue weighted by molar-refractivity contribution is 0.0820. The average Bonchev–Trinajstić information content (AvgIpc) is 2.69. The molecule has 5 heteroatoms. The molecule has 3 rings (SSSR count). The van der Waals surface area contributed by atoms with Crippen molar-refractivity contribution >= 4 is 5.91 Å². The van der Waals surface area contributed by atoms with Crippen LogP contribution >= 0.6 is 0 Å². The van der Waals surface area contributed by atoms with Crippen molar-refractivity contribution in [3.05, 3.63) is 47.0 Å². The van der Waals surface area contributed by atoms with E-state index in [0.29, 0.717) is 5.69 Å². The highest BCUT2D eigenvalue weighted by molar-refractivity contribution is 5.93. The molecule has 0 spiro atoms. The average molecular weight is 301 g/mol. The number of hydrogen-bond donors (Lipinski definition) is 0. The van der Waals surface area contributed by atoms with Crippen LogP contribution in [0.25, 0.3) is 5.69 Å². The fourth-order valence-corrected chi connectivity index (χ4v) is 2.96. The van der Waals surface area contributed by atoms with Crippen LogP contribution < -0.4 is 0 Å². The summed E-state index contributed by atoms with van der Waals surface area (Å²) in [5, 5.41) is 4.56. The third kappa shape index (κ3) is 2.63. The topological polar surface area (TPSA) is 38.1 Å². The maximum Gasteiger partial charge on any atom is 0.274 e. The van der Waals surface area contributed by atoms with E-state index in [4.69, 9.17) is 0 Å². The van der Waals surface area contributed by atoms with E-state index in [1.165, 1.54) is 12.1 Å². The quantitative estimate of drug-likeness (QED) is 0.800. The number of amides is 1. The highest BCUT2D eigenvalue weighted by Crippen LogP contribution is 2.27. The number of carbonyl (C=O) groups excluding carboxylic acids is 1. The third-order valence-electron chi connectivity index (χ3n) is 4.11. The number of aromatic nitrogens is 2. The lowest BCUT2D eigenvalue weighted by Crippen LogP contribution is -2.23. The summed E-state index contributed by atoms with van der Waals surface area (Å²) >= 11 is 0. The van der Waals surface area contributed by atoms with Crippen LogP contribution in [0.15, 0.2) is 24.3 Å². The zero-order valence-corrected chi connectivity index (χ0v) is 13.0. The fraction of sp³-hybridized carbons (Fsp3) is 0.412. The molecule has 0 aliphatic heterocycles. The molecule has 0 fully saturated rings. The minimum absolute atomic E-state index is 0.0704. The number of hydrogen-bond acceptors (Lipinski definition) is 2. The smallest absolute Gasteiger partial charge is 0.274 e. The second kappa shape index (κ2) is 5.91. The minimum atomic E-state index is -0.272. The molecule has 1 aromatic carbocycles. The second-order valence-electron chi connectivity index (χ2n) is 5.92. The van der Waals surface area contributed by atoms with Gasteiger partial charge in [-0.25, -0.2) is 9.07 Å². The Balaban J connectivity index is 2.14. The fourth-order valence-electron chi connectivity index (χ4n) is 2.96. The Bertz CT molecular complexity index is 689. The first kappa shape index (κ1) is 14.8. The predicted octanol–water partition coefficient (Wildman–Crippen LogP) is 2.98. The molecule has 2 aromatic rings. The van der Waals surface area contributed by atoms with Crippen molar-refractivity contribution < 1.29 is 9.18 Å². The lowest BCUT2D eigenvalue weighted by Gasteiger charge is -2.09. The molecular formula is C17H20FN3O. The summed E-state index contributed by atoms with van der Waals surface area (Å²) < 4.78 is 15.0. The highest BCUT2D eigenvalue weighted by Gasteiger charge is 2.25. The van der Waals surface area contributed by atoms with Gasteiger partial charge in [0.25, 0.3) is 5.91 Å². The standard InChI is InChI=1S/C17H20FN3O/c1-20(2)17(22)16-14-6-4-3-5-7-15(14)21(19-16)13-10-8-12(18)9-11-13/h8-11H,3-7H2,1-2H3. The molecular weight excluding hydrogens is 281 g/mol. The van der Waals surface area contributed by atoms with Gasteiger partial charge in [-0.15, -0.1) is 0 Å². The molecule has 22 heavy (non-hydrogen) atoms. The second-order valence-corrected chi connectivity index (χ2v) is 5.92. The summed E-state index contributed by atoms with van der Waals surface area (Å²) in [4.78, 5) is 14.0. The monoisotopic (exact) mass is 301 g/mol. The third-order valence-corrected chi connectivity index (χ3v) is 4.11. The van der Waals surface area contributed by atoms with Gasteiger partial charge in [-0.1, -0.05) is 6.42 Å². The molecule has 4 nitrogen and oxygen atoms in total. The maximum atomic E-state index is 13.2. The number of carbonyl (C=O) groups is 1. The molecule has 1 amide bonds. The number of halogens is 1. The number of fused-ring (bicyclic) bond motifs is 1. The van der Waals surface area contributed by atoms with Crippen molar-refractivity contribution in [3.63, 3.8) is 0 Å². The molecule has 0 radical (unpaired) electrons. The minimum Gasteiger partial charge on any atom is -0.343 e. The molecule has 0 N–H and O–H groups in total. The molecule has 1 aliphatic rings. The van der Waals surface area contributed by atoms with Crippen LogP contribution in [0.5, 0.6) is 0 Å². The van der Waals surface area contributed by atoms with Gasteiger partial charge in [0.15, 0.2) is 5.69 Å². The Morgan fingerprint density at radius 3 is 2.50 bits per heavy atom. The molecule has 0 saturated heterocycles. The van der Waals surface area contributed by atoms with Crippen molar-refractivity contribution in [2.75, 3.05) is 14.1 Å². The summed E-state index contributed by atoms with van der Waals surface area (Å²) in [5.41, 5.74) is 3.48. The summed E-state index contributed by atoms with van der Waals surface area (Å²) in [5.74, 6) is -0.342. The van der Waals surface area contributed by atoms with Crippen LogP contribution in [0.1, 0.15) is 41.0 Å². The normalized spacial score (nSPS) is 14.3. The molecule has 0 bridgehead atoms. The van der Waals surface area contributed by atoms with Crippen LogP contribution in [0.4, 0.5) is 4.39 Å². The number of nitrogens with zero attached hydrogens (tertiary/aromatic N) is 3. The van der Waals surface area contributed by atoms with Crippen molar-refractivity contribution in [1.82, 2.24) is 14.7 Å². The van der Waals surface area contributed by atoms with Crippen molar-refractivity contribution in [2.24, 2.45) is 0 Å². The van der Waals surface area contributed by atoms with Crippen LogP contribution in [0, 0.1) is 5.82 Å². The van der Waals surface area contributed by atoms with Gasteiger partial charge in [0.2, 0.25) is 0 Å². The Morgan fingerprint density at radius 1 is 1.14 bits per heavy atom. The largest absolute Gasteiger partial charge is 0.343 e. The van der Waals surface area contributed by atoms with Crippen molar-refractivity contribution in [1.29, 1.82) is 0 Å². The predicted molar refractivity (Wildman–Crippen MR) is 82.8 cm³/mol. The van der Waals surface area contributed by atoms with Gasteiger partial charge in [-0.05, 0) is 49.9 Å². The Kier molecular flexibility index (Phi) is 3.96. The van der Waals surface area contributed by atoms with Gasteiger partial charge in [0.1, 0.15) is 5.82 Å². The van der Waals surface area contributed by atoms with Crippen LogP contribution in [0.2, 0.25) is 0 Å². The molecule has 1 aliphatic carbocycles. The molecule has 1 heterocycles. The first-order chi connectivity index (χ1) is 10.6. The van der Waals surface area contributed by atoms with E-state index in [0.717, 1.165) is 49.0 Å². The van der Waals surface area contributed by atoms with Gasteiger partial charge in [0, 0.05) is 25.4 Å². The lowest BCUT2D eigenvalue weighted by atomic mass is 10.1. The maximum absolute atomic E-state index is 13.2. The van der Waals surface area contributed by atoms with Crippen molar-refractivity contribution in [2.45, 2.75) is 32.1 Å². The number of rotatable bonds is 2. The van der Waals surface area contributed by atoms with Crippen molar-refractivity contribution in [3.8, 4) is 5.69 Å². The summed E-state index contributed by atoms with van der Waals surface area (Å²) in [6.45, 7) is 0. The Labute approximate surface area is 129 Å². The van der Waals surface area contributed by atoms with E-state index >= 15 is 0 Å². The van der Waals surface area contributed by atoms with Gasteiger partial charge in [-0.2, -0.15) is 5.10 Å². The zero-order chi connectivity index (χ0) is 15.7. The van der Waals surface area contributed by atoms with E-state index in [1.807, 2.05) is 4.68 Å². The molecule has 116 valence electrons. The highest BCUT2D eigenvalue weighted by atomic mass is 19.1. The van der Waals surface area contributed by atoms with E-state index in [1.54, 1.807) is 31.1 Å². The molecule has 0 unspecified atom stereocenters. The van der Waals surface area contributed by atoms with E-state index in [9.17, 15) is 9.18 Å². The number of benzene rings is 1. The van der Waals surface area contributed by atoms with Gasteiger partial charge >= 0.3 is 0 Å². The van der Waals surface area contributed by atoms with Crippen LogP contribution in [-0.2, 0) is 12.8 Å². The van der Waals surface area contributed by atoms with E-state index in [-0.39, 0.29) is 11.7 Å². The molecule has 0 atom stereocenters. The first-order valence-corrected chi connectivity index (χ1v) is 7.66. The summed E-state index contributed by atoms with van der Waals surface area (Å²) in [6.07, 6.45) is 5.12. The Morgan fingerprint density at radius 2 is 1.82 bits per heavy atom. The molecule has 1 aromatic heterocycles. The summed E-state index contributed by atoms with van der Waals surface area (Å²) in [6, 6.07) is 6.26. The van der Waals surface area contributed by atoms with E-state index < -0.39 is 0 Å². The summed E-state index contributed by atoms with van der Waals surface area (Å²) in [7, 11) is 3.48. The van der Waals surface area contributed by atoms with Crippen LogP contribution in [0.3, 0.4) is 0 Å². The van der Waals surface area contributed by atoms with Crippen LogP contribution in [-0.4, -0.2) is 34.7 Å². The van der Waals surface area contributed by atoms with E-state index in [2.05, 4.69) is 5.10 Å². The van der Waals surface area contributed by atoms with Gasteiger partial charge < -0.3 is 4.90 Å². The molecule has 0 saturated carbocycles.